The van der Waals surface area contributed by atoms with Crippen molar-refractivity contribution in [3.05, 3.63) is 219 Å². The Labute approximate surface area is 664 Å². The number of allylic oxidation sites excluding steroid dienone is 36. The molecular weight excluding hydrogens is 1430 g/mol. The van der Waals surface area contributed by atoms with Gasteiger partial charge >= 0.3 is 39.5 Å². The third-order valence-corrected chi connectivity index (χ3v) is 17.8. The van der Waals surface area contributed by atoms with E-state index in [-0.39, 0.29) is 25.7 Å². The van der Waals surface area contributed by atoms with Crippen LogP contribution in [0.1, 0.15) is 272 Å². The van der Waals surface area contributed by atoms with Crippen LogP contribution in [0.5, 0.6) is 0 Å². The van der Waals surface area contributed by atoms with Gasteiger partial charge in [0.05, 0.1) is 26.4 Å². The summed E-state index contributed by atoms with van der Waals surface area (Å²) >= 11 is 0. The van der Waals surface area contributed by atoms with E-state index in [1.807, 2.05) is 36.5 Å². The molecule has 0 aliphatic carbocycles. The summed E-state index contributed by atoms with van der Waals surface area (Å²) in [6.07, 6.45) is 102. The van der Waals surface area contributed by atoms with Gasteiger partial charge in [-0.25, -0.2) is 9.13 Å². The monoisotopic (exact) mass is 1570 g/mol. The summed E-state index contributed by atoms with van der Waals surface area (Å²) in [7, 11) is -10.0. The fourth-order valence-electron chi connectivity index (χ4n) is 9.82. The fraction of sp³-hybridized carbons (Fsp3) is 0.560. The topological polar surface area (TPSA) is 237 Å². The normalized spacial score (nSPS) is 14.9. The third kappa shape index (κ3) is 79.5. The molecule has 0 aromatic rings. The Bertz CT molecular complexity index is 2950. The summed E-state index contributed by atoms with van der Waals surface area (Å²) in [6, 6.07) is 0. The molecule has 0 aromatic carbocycles. The van der Waals surface area contributed by atoms with Crippen LogP contribution < -0.4 is 0 Å². The molecule has 0 amide bonds. The van der Waals surface area contributed by atoms with Crippen molar-refractivity contribution in [2.45, 2.75) is 290 Å². The minimum Gasteiger partial charge on any atom is -0.462 e. The SMILES string of the molecule is CC/C=C\C/C=C\C/C=C\C/C=C\C/C=C\C/C=C\CCC(=O)OC[C@H](COP(=O)(O)OC[C@@H](O)COP(=O)(O)OC[C@@H](COC(=O)CCCCC/C=C\C/C=C\C/C=C\C/C=C\C/C=C\CC)OC(=O)CC/C=C\C/C=C\C/C=C\C/C=C\C/C=C\C/C=C\CC)OC(=O)CCCCCCC/C=C\CCCCCC. The predicted molar refractivity (Wildman–Crippen MR) is 454 cm³/mol. The zero-order valence-corrected chi connectivity index (χ0v) is 69.4. The predicted octanol–water partition coefficient (Wildman–Crippen LogP) is 24.4. The Hall–Kier alpha value is -6.62. The van der Waals surface area contributed by atoms with Gasteiger partial charge in [-0.05, 0) is 173 Å². The van der Waals surface area contributed by atoms with E-state index in [1.165, 1.54) is 25.7 Å². The Morgan fingerprint density at radius 2 is 0.491 bits per heavy atom. The summed E-state index contributed by atoms with van der Waals surface area (Å²) < 4.78 is 68.5. The van der Waals surface area contributed by atoms with E-state index in [9.17, 15) is 43.2 Å². The average molecular weight is 1570 g/mol. The van der Waals surface area contributed by atoms with E-state index in [2.05, 4.69) is 210 Å². The minimum absolute atomic E-state index is 0.0241. The van der Waals surface area contributed by atoms with E-state index in [0.29, 0.717) is 38.5 Å². The van der Waals surface area contributed by atoms with Crippen LogP contribution in [0.3, 0.4) is 0 Å². The lowest BCUT2D eigenvalue weighted by Gasteiger charge is -2.21. The molecule has 0 spiro atoms. The van der Waals surface area contributed by atoms with Gasteiger partial charge in [0, 0.05) is 25.7 Å². The lowest BCUT2D eigenvalue weighted by Crippen LogP contribution is -2.30. The van der Waals surface area contributed by atoms with Crippen molar-refractivity contribution in [2.24, 2.45) is 0 Å². The number of unbranched alkanes of at least 4 members (excludes halogenated alkanes) is 12. The second-order valence-electron chi connectivity index (χ2n) is 26.2. The van der Waals surface area contributed by atoms with E-state index >= 15 is 0 Å². The summed E-state index contributed by atoms with van der Waals surface area (Å²) in [6.45, 7) is 4.26. The first-order chi connectivity index (χ1) is 53.7. The van der Waals surface area contributed by atoms with E-state index in [4.69, 9.17) is 37.0 Å². The summed E-state index contributed by atoms with van der Waals surface area (Å²) in [5.41, 5.74) is 0. The second kappa shape index (κ2) is 80.4. The van der Waals surface area contributed by atoms with Gasteiger partial charge < -0.3 is 33.8 Å². The zero-order chi connectivity index (χ0) is 80.3. The van der Waals surface area contributed by atoms with Gasteiger partial charge in [-0.3, -0.25) is 37.3 Å². The zero-order valence-electron chi connectivity index (χ0n) is 67.6. The molecule has 2 unspecified atom stereocenters. The first-order valence-corrected chi connectivity index (χ1v) is 44.0. The number of aliphatic hydroxyl groups is 1. The molecule has 0 heterocycles. The largest absolute Gasteiger partial charge is 0.472 e. The quantitative estimate of drug-likeness (QED) is 0.0169. The average Bonchev–Trinajstić information content (AvgIpc) is 0.942. The van der Waals surface area contributed by atoms with Crippen molar-refractivity contribution in [2.75, 3.05) is 39.6 Å². The number of rotatable bonds is 74. The number of esters is 4. The maximum absolute atomic E-state index is 13.1. The highest BCUT2D eigenvalue weighted by Gasteiger charge is 2.30. The van der Waals surface area contributed by atoms with Crippen LogP contribution >= 0.6 is 15.6 Å². The van der Waals surface area contributed by atoms with Gasteiger partial charge in [-0.2, -0.15) is 0 Å². The van der Waals surface area contributed by atoms with Crippen LogP contribution in [0.25, 0.3) is 0 Å². The van der Waals surface area contributed by atoms with E-state index in [1.54, 1.807) is 0 Å². The van der Waals surface area contributed by atoms with Crippen molar-refractivity contribution in [3.8, 4) is 0 Å². The lowest BCUT2D eigenvalue weighted by atomic mass is 10.1. The molecule has 0 aliphatic rings. The molecule has 3 N–H and O–H groups in total. The number of hydrogen-bond acceptors (Lipinski definition) is 15. The van der Waals surface area contributed by atoms with Gasteiger partial charge in [0.25, 0.3) is 0 Å². The van der Waals surface area contributed by atoms with Crippen LogP contribution in [-0.2, 0) is 65.4 Å². The van der Waals surface area contributed by atoms with Gasteiger partial charge in [-0.15, -0.1) is 0 Å². The van der Waals surface area contributed by atoms with Crippen molar-refractivity contribution in [1.29, 1.82) is 0 Å². The van der Waals surface area contributed by atoms with Crippen molar-refractivity contribution in [1.82, 2.24) is 0 Å². The summed E-state index contributed by atoms with van der Waals surface area (Å²) in [4.78, 5) is 73.1. The Morgan fingerprint density at radius 3 is 0.818 bits per heavy atom. The van der Waals surface area contributed by atoms with Crippen molar-refractivity contribution in [3.63, 3.8) is 0 Å². The van der Waals surface area contributed by atoms with Gasteiger partial charge in [0.2, 0.25) is 0 Å². The molecule has 0 radical (unpaired) electrons. The molecular formula is C91H142O17P2. The van der Waals surface area contributed by atoms with Crippen LogP contribution in [0.15, 0.2) is 219 Å². The van der Waals surface area contributed by atoms with Gasteiger partial charge in [0.1, 0.15) is 19.3 Å². The molecule has 5 atom stereocenters. The maximum atomic E-state index is 13.1. The Kier molecular flexibility index (Phi) is 75.6. The van der Waals surface area contributed by atoms with Crippen molar-refractivity contribution < 1.29 is 80.2 Å². The molecule has 110 heavy (non-hydrogen) atoms. The number of hydrogen-bond donors (Lipinski definition) is 3. The second-order valence-corrected chi connectivity index (χ2v) is 29.1. The first kappa shape index (κ1) is 103. The molecule has 0 saturated heterocycles. The maximum Gasteiger partial charge on any atom is 0.472 e. The molecule has 618 valence electrons. The Balaban J connectivity index is 5.56. The molecule has 0 fully saturated rings. The highest BCUT2D eigenvalue weighted by molar-refractivity contribution is 7.47. The number of phosphoric acid groups is 2. The van der Waals surface area contributed by atoms with Crippen LogP contribution in [-0.4, -0.2) is 96.7 Å². The number of carbonyl (C=O) groups excluding carboxylic acids is 4. The number of phosphoric ester groups is 2. The van der Waals surface area contributed by atoms with Crippen molar-refractivity contribution >= 4 is 39.5 Å². The standard InChI is InChI=1S/C91H142O17P2/c1-5-9-13-17-21-25-29-33-36-39-42-45-48-52-55-59-63-67-71-75-88(93)101-81-86(107-90(95)77-73-69-65-61-57-51-32-28-24-20-16-12-8-4)83-105-109(97,98)103-79-85(92)80-104-110(99,100)106-84-87(108-91(96)78-74-70-66-62-58-54-50-47-44-41-38-35-31-27-23-19-15-11-7-3)82-102-89(94)76-72-68-64-60-56-53-49-46-43-40-37-34-30-26-22-18-14-10-6-2/h9-11,13-15,21-23,25-28,32-38,42-47,52-56,58,63,66-67,70,85-87,92H,5-8,12,16-20,24,29-31,39-41,48-51,57,59-62,64-65,68-69,71-84H2,1-4H3,(H,97,98)(H,99,100)/b13-9-,14-10-,15-11-,25-21-,26-22-,27-23-,32-28-,36-33-,37-34-,38-35-,45-42-,46-43-,47-44-,55-52-,56-53-,58-54-,67-63-,70-66-/t85-,86-,87-/m1/s1. The highest BCUT2D eigenvalue weighted by atomic mass is 31.2. The summed E-state index contributed by atoms with van der Waals surface area (Å²) in [5.74, 6) is -2.44. The molecule has 17 nitrogen and oxygen atoms in total. The number of aliphatic hydroxyl groups excluding tert-OH is 1. The first-order valence-electron chi connectivity index (χ1n) is 41.0. The van der Waals surface area contributed by atoms with Gasteiger partial charge in [0.15, 0.2) is 12.2 Å². The van der Waals surface area contributed by atoms with Gasteiger partial charge in [-0.1, -0.05) is 291 Å². The Morgan fingerprint density at radius 1 is 0.264 bits per heavy atom. The number of carbonyl (C=O) groups is 4. The molecule has 0 aromatic heterocycles. The van der Waals surface area contributed by atoms with E-state index < -0.39 is 97.5 Å². The van der Waals surface area contributed by atoms with Crippen LogP contribution in [0.2, 0.25) is 0 Å². The van der Waals surface area contributed by atoms with Crippen LogP contribution in [0, 0.1) is 0 Å². The highest BCUT2D eigenvalue weighted by Crippen LogP contribution is 2.45. The molecule has 0 rings (SSSR count). The summed E-state index contributed by atoms with van der Waals surface area (Å²) in [5, 5.41) is 10.7. The number of ether oxygens (including phenoxy) is 4. The smallest absolute Gasteiger partial charge is 0.462 e. The molecule has 0 bridgehead atoms. The molecule has 19 heteroatoms. The third-order valence-electron chi connectivity index (χ3n) is 15.9. The minimum atomic E-state index is -5.03. The lowest BCUT2D eigenvalue weighted by molar-refractivity contribution is -0.161. The van der Waals surface area contributed by atoms with Crippen LogP contribution in [0.4, 0.5) is 0 Å². The molecule has 0 saturated carbocycles. The van der Waals surface area contributed by atoms with E-state index in [0.717, 1.165) is 154 Å². The molecule has 0 aliphatic heterocycles. The fourth-order valence-corrected chi connectivity index (χ4v) is 11.4.